The number of piperidine rings is 3. The van der Waals surface area contributed by atoms with E-state index >= 15 is 0 Å². The number of hydrogen-bond acceptors (Lipinski definition) is 5. The summed E-state index contributed by atoms with van der Waals surface area (Å²) >= 11 is 0. The summed E-state index contributed by atoms with van der Waals surface area (Å²) in [6, 6.07) is 23.6. The Balaban J connectivity index is 1.24. The van der Waals surface area contributed by atoms with Crippen molar-refractivity contribution < 1.29 is 32.0 Å². The summed E-state index contributed by atoms with van der Waals surface area (Å²) in [5.41, 5.74) is -1.05. The van der Waals surface area contributed by atoms with E-state index in [4.69, 9.17) is 9.26 Å². The standard InChI is InChI=1S/C30H29F3N3O3/c31-30(32,33)24-12-7-13-25(18-24)38-26-19-36(16-14-21(26)15-17-36)20-27-34-28(35-39-27)29(37,22-8-3-1-4-9-22)23-10-5-2-6-11-23/h1-13,18,21,26,37H,14-17,19-20H2/q+1/t21?,26-,36?/m0/s1. The minimum absolute atomic E-state index is 0.164. The zero-order chi connectivity index (χ0) is 27.1. The highest BCUT2D eigenvalue weighted by molar-refractivity contribution is 5.42. The van der Waals surface area contributed by atoms with Crippen molar-refractivity contribution >= 4 is 0 Å². The van der Waals surface area contributed by atoms with Crippen LogP contribution in [0.1, 0.15) is 41.2 Å². The molecule has 1 N–H and O–H groups in total. The normalized spacial score (nSPS) is 23.1. The molecule has 202 valence electrons. The molecule has 3 aromatic carbocycles. The van der Waals surface area contributed by atoms with E-state index in [0.717, 1.165) is 38.1 Å². The van der Waals surface area contributed by atoms with Crippen LogP contribution in [-0.4, -0.2) is 45.5 Å². The molecule has 0 unspecified atom stereocenters. The second kappa shape index (κ2) is 9.81. The molecule has 1 aromatic heterocycles. The Morgan fingerprint density at radius 1 is 0.872 bits per heavy atom. The zero-order valence-electron chi connectivity index (χ0n) is 21.2. The summed E-state index contributed by atoms with van der Waals surface area (Å²) in [7, 11) is 0. The fourth-order valence-electron chi connectivity index (χ4n) is 6.03. The van der Waals surface area contributed by atoms with Gasteiger partial charge in [0.1, 0.15) is 12.3 Å². The number of fused-ring (bicyclic) bond motifs is 3. The van der Waals surface area contributed by atoms with E-state index in [1.54, 1.807) is 6.07 Å². The molecule has 4 heterocycles. The molecule has 0 radical (unpaired) electrons. The Morgan fingerprint density at radius 2 is 1.49 bits per heavy atom. The fourth-order valence-corrected chi connectivity index (χ4v) is 6.03. The number of alkyl halides is 3. The lowest BCUT2D eigenvalue weighted by Crippen LogP contribution is -2.64. The van der Waals surface area contributed by atoms with Crippen LogP contribution in [0.3, 0.4) is 0 Å². The summed E-state index contributed by atoms with van der Waals surface area (Å²) in [5.74, 6) is 1.10. The molecule has 39 heavy (non-hydrogen) atoms. The van der Waals surface area contributed by atoms with Crippen LogP contribution in [0.25, 0.3) is 0 Å². The lowest BCUT2D eigenvalue weighted by atomic mass is 9.83. The molecular weight excluding hydrogens is 507 g/mol. The van der Waals surface area contributed by atoms with Gasteiger partial charge in [-0.2, -0.15) is 18.2 Å². The second-order valence-electron chi connectivity index (χ2n) is 10.6. The topological polar surface area (TPSA) is 68.4 Å². The molecular formula is C30H29F3N3O3+. The second-order valence-corrected chi connectivity index (χ2v) is 10.6. The van der Waals surface area contributed by atoms with Crippen molar-refractivity contribution in [1.82, 2.24) is 10.1 Å². The quantitative estimate of drug-likeness (QED) is 0.313. The van der Waals surface area contributed by atoms with Crippen LogP contribution >= 0.6 is 0 Å². The molecule has 0 aliphatic carbocycles. The molecule has 0 amide bonds. The van der Waals surface area contributed by atoms with Gasteiger partial charge < -0.3 is 18.8 Å². The summed E-state index contributed by atoms with van der Waals surface area (Å²) in [4.78, 5) is 4.68. The molecule has 3 aliphatic heterocycles. The van der Waals surface area contributed by atoms with Gasteiger partial charge in [0, 0.05) is 18.8 Å². The van der Waals surface area contributed by atoms with Crippen molar-refractivity contribution in [3.05, 3.63) is 113 Å². The number of quaternary nitrogens is 1. The highest BCUT2D eigenvalue weighted by Crippen LogP contribution is 2.39. The minimum atomic E-state index is -4.42. The number of benzene rings is 3. The maximum atomic E-state index is 13.2. The molecule has 9 heteroatoms. The Kier molecular flexibility index (Phi) is 6.43. The van der Waals surface area contributed by atoms with Gasteiger partial charge >= 0.3 is 6.18 Å². The first-order valence-electron chi connectivity index (χ1n) is 13.1. The van der Waals surface area contributed by atoms with Gasteiger partial charge in [-0.05, 0) is 29.3 Å². The van der Waals surface area contributed by atoms with Crippen molar-refractivity contribution in [3.63, 3.8) is 0 Å². The highest BCUT2D eigenvalue weighted by Gasteiger charge is 2.48. The molecule has 0 saturated carbocycles. The molecule has 0 spiro atoms. The number of ether oxygens (including phenoxy) is 1. The monoisotopic (exact) mass is 536 g/mol. The first kappa shape index (κ1) is 25.6. The maximum absolute atomic E-state index is 13.2. The molecule has 2 bridgehead atoms. The first-order valence-corrected chi connectivity index (χ1v) is 13.1. The Morgan fingerprint density at radius 3 is 2.10 bits per heavy atom. The Hall–Kier alpha value is -3.69. The van der Waals surface area contributed by atoms with Crippen LogP contribution in [0.2, 0.25) is 0 Å². The van der Waals surface area contributed by atoms with Crippen molar-refractivity contribution in [2.75, 3.05) is 19.6 Å². The molecule has 3 fully saturated rings. The van der Waals surface area contributed by atoms with Gasteiger partial charge in [0.25, 0.3) is 5.89 Å². The van der Waals surface area contributed by atoms with Crippen LogP contribution in [0.15, 0.2) is 89.5 Å². The van der Waals surface area contributed by atoms with Gasteiger partial charge in [0.2, 0.25) is 5.82 Å². The Labute approximate surface area is 224 Å². The van der Waals surface area contributed by atoms with Crippen LogP contribution in [0.4, 0.5) is 13.2 Å². The van der Waals surface area contributed by atoms with E-state index in [1.807, 2.05) is 60.7 Å². The smallest absolute Gasteiger partial charge is 0.416 e. The van der Waals surface area contributed by atoms with Crippen LogP contribution in [-0.2, 0) is 18.3 Å². The van der Waals surface area contributed by atoms with Gasteiger partial charge in [0.05, 0.1) is 18.7 Å². The van der Waals surface area contributed by atoms with Gasteiger partial charge in [-0.3, -0.25) is 0 Å². The predicted molar refractivity (Wildman–Crippen MR) is 136 cm³/mol. The van der Waals surface area contributed by atoms with Gasteiger partial charge in [-0.25, -0.2) is 0 Å². The number of aliphatic hydroxyl groups is 1. The van der Waals surface area contributed by atoms with E-state index < -0.39 is 17.3 Å². The van der Waals surface area contributed by atoms with Crippen molar-refractivity contribution in [2.45, 2.75) is 37.3 Å². The fraction of sp³-hybridized carbons (Fsp3) is 0.333. The number of aromatic nitrogens is 2. The van der Waals surface area contributed by atoms with Gasteiger partial charge in [-0.1, -0.05) is 71.9 Å². The summed E-state index contributed by atoms with van der Waals surface area (Å²) in [6.07, 6.45) is -2.81. The lowest BCUT2D eigenvalue weighted by molar-refractivity contribution is -0.959. The Bertz CT molecular complexity index is 1380. The zero-order valence-corrected chi connectivity index (χ0v) is 21.2. The van der Waals surface area contributed by atoms with E-state index in [1.165, 1.54) is 6.07 Å². The van der Waals surface area contributed by atoms with E-state index in [2.05, 4.69) is 10.1 Å². The van der Waals surface area contributed by atoms with Crippen LogP contribution in [0.5, 0.6) is 5.75 Å². The van der Waals surface area contributed by atoms with Gasteiger partial charge in [-0.15, -0.1) is 0 Å². The third-order valence-electron chi connectivity index (χ3n) is 8.14. The third-order valence-corrected chi connectivity index (χ3v) is 8.14. The average Bonchev–Trinajstić information content (AvgIpc) is 3.42. The maximum Gasteiger partial charge on any atom is 0.416 e. The molecule has 3 saturated heterocycles. The molecule has 1 atom stereocenters. The third kappa shape index (κ3) is 4.92. The summed E-state index contributed by atoms with van der Waals surface area (Å²) in [6.45, 7) is 2.89. The average molecular weight is 537 g/mol. The van der Waals surface area contributed by atoms with E-state index in [0.29, 0.717) is 40.5 Å². The molecule has 7 rings (SSSR count). The lowest BCUT2D eigenvalue weighted by Gasteiger charge is -2.51. The molecule has 4 aromatic rings. The largest absolute Gasteiger partial charge is 0.484 e. The van der Waals surface area contributed by atoms with E-state index in [9.17, 15) is 18.3 Å². The number of halogens is 3. The summed E-state index contributed by atoms with van der Waals surface area (Å²) < 4.78 is 52.1. The number of hydrogen-bond donors (Lipinski definition) is 1. The highest BCUT2D eigenvalue weighted by atomic mass is 19.4. The minimum Gasteiger partial charge on any atom is -0.484 e. The number of rotatable bonds is 7. The summed E-state index contributed by atoms with van der Waals surface area (Å²) in [5, 5.41) is 16.2. The predicted octanol–water partition coefficient (Wildman–Crippen LogP) is 5.56. The van der Waals surface area contributed by atoms with Gasteiger partial charge in [0.15, 0.2) is 18.2 Å². The van der Waals surface area contributed by atoms with Crippen molar-refractivity contribution in [2.24, 2.45) is 5.92 Å². The first-order chi connectivity index (χ1) is 18.8. The number of nitrogens with zero attached hydrogens (tertiary/aromatic N) is 3. The SMILES string of the molecule is OC(c1ccccc1)(c1ccccc1)c1noc(C[N+]23CCC(CC2)[C@@H](Oc2cccc(C(F)(F)F)c2)C3)n1. The van der Waals surface area contributed by atoms with E-state index in [-0.39, 0.29) is 17.7 Å². The van der Waals surface area contributed by atoms with Crippen molar-refractivity contribution in [3.8, 4) is 5.75 Å². The van der Waals surface area contributed by atoms with Crippen LogP contribution in [0, 0.1) is 5.92 Å². The molecule has 3 aliphatic rings. The molecule has 6 nitrogen and oxygen atoms in total. The van der Waals surface area contributed by atoms with Crippen molar-refractivity contribution in [1.29, 1.82) is 0 Å². The van der Waals surface area contributed by atoms with Crippen LogP contribution < -0.4 is 4.74 Å².